The summed E-state index contributed by atoms with van der Waals surface area (Å²) in [7, 11) is -3.07. The van der Waals surface area contributed by atoms with Gasteiger partial charge in [0.1, 0.15) is 0 Å². The van der Waals surface area contributed by atoms with Crippen LogP contribution < -0.4 is 4.72 Å². The summed E-state index contributed by atoms with van der Waals surface area (Å²) in [5.41, 5.74) is 0. The van der Waals surface area contributed by atoms with Gasteiger partial charge in [-0.1, -0.05) is 13.3 Å². The van der Waals surface area contributed by atoms with Crippen molar-refractivity contribution in [1.29, 1.82) is 0 Å². The minimum atomic E-state index is -3.07. The van der Waals surface area contributed by atoms with Gasteiger partial charge >= 0.3 is 0 Å². The van der Waals surface area contributed by atoms with Crippen molar-refractivity contribution in [3.8, 4) is 0 Å². The number of nitrogens with one attached hydrogen (secondary N) is 1. The first-order chi connectivity index (χ1) is 6.02. The summed E-state index contributed by atoms with van der Waals surface area (Å²) in [6.07, 6.45) is 2.28. The molecule has 0 aliphatic carbocycles. The van der Waals surface area contributed by atoms with Gasteiger partial charge < -0.3 is 0 Å². The molecule has 0 bridgehead atoms. The van der Waals surface area contributed by atoms with Crippen molar-refractivity contribution in [3.63, 3.8) is 0 Å². The zero-order valence-corrected chi connectivity index (χ0v) is 9.79. The number of hydrogen-bond donors (Lipinski definition) is 1. The van der Waals surface area contributed by atoms with Gasteiger partial charge in [-0.15, -0.1) is 11.6 Å². The second-order valence-electron chi connectivity index (χ2n) is 3.17. The lowest BCUT2D eigenvalue weighted by molar-refractivity contribution is 0.554. The van der Waals surface area contributed by atoms with Crippen LogP contribution in [0.3, 0.4) is 0 Å². The van der Waals surface area contributed by atoms with E-state index in [0.29, 0.717) is 18.7 Å². The summed E-state index contributed by atoms with van der Waals surface area (Å²) in [4.78, 5) is 0. The van der Waals surface area contributed by atoms with Crippen LogP contribution in [-0.2, 0) is 10.0 Å². The molecule has 0 spiro atoms. The Hall–Kier alpha value is 0.200. The monoisotopic (exact) mass is 227 g/mol. The van der Waals surface area contributed by atoms with Gasteiger partial charge in [-0.25, -0.2) is 13.1 Å². The van der Waals surface area contributed by atoms with Crippen molar-refractivity contribution in [2.45, 2.75) is 39.2 Å². The topological polar surface area (TPSA) is 46.2 Å². The average Bonchev–Trinajstić information content (AvgIpc) is 2.00. The fourth-order valence-electron chi connectivity index (χ4n) is 0.922. The van der Waals surface area contributed by atoms with Crippen molar-refractivity contribution in [3.05, 3.63) is 0 Å². The molecule has 3 nitrogen and oxygen atoms in total. The van der Waals surface area contributed by atoms with E-state index in [1.807, 2.05) is 13.8 Å². The van der Waals surface area contributed by atoms with E-state index in [-0.39, 0.29) is 11.8 Å². The molecule has 0 aromatic rings. The van der Waals surface area contributed by atoms with Crippen LogP contribution >= 0.6 is 11.6 Å². The van der Waals surface area contributed by atoms with Crippen LogP contribution in [0.15, 0.2) is 0 Å². The number of halogens is 1. The normalized spacial score (nSPS) is 14.4. The molecule has 0 amide bonds. The standard InChI is InChI=1S/C8H18ClNO2S/c1-3-4-7-13(11,12)10-8(2)5-6-9/h8,10H,3-7H2,1-2H3. The van der Waals surface area contributed by atoms with E-state index < -0.39 is 10.0 Å². The maximum Gasteiger partial charge on any atom is 0.211 e. The predicted octanol–water partition coefficient (Wildman–Crippen LogP) is 1.72. The molecule has 1 atom stereocenters. The Morgan fingerprint density at radius 1 is 1.46 bits per heavy atom. The van der Waals surface area contributed by atoms with E-state index in [2.05, 4.69) is 4.72 Å². The zero-order valence-electron chi connectivity index (χ0n) is 8.22. The molecule has 5 heteroatoms. The minimum Gasteiger partial charge on any atom is -0.212 e. The maximum atomic E-state index is 11.3. The highest BCUT2D eigenvalue weighted by molar-refractivity contribution is 7.89. The molecule has 80 valence electrons. The first kappa shape index (κ1) is 13.2. The molecule has 0 rings (SSSR count). The van der Waals surface area contributed by atoms with Gasteiger partial charge in [-0.05, 0) is 19.8 Å². The van der Waals surface area contributed by atoms with Gasteiger partial charge in [0.2, 0.25) is 10.0 Å². The molecular formula is C8H18ClNO2S. The smallest absolute Gasteiger partial charge is 0.211 e. The van der Waals surface area contributed by atoms with Crippen molar-refractivity contribution in [2.75, 3.05) is 11.6 Å². The lowest BCUT2D eigenvalue weighted by Crippen LogP contribution is -2.34. The molecule has 0 saturated carbocycles. The van der Waals surface area contributed by atoms with Gasteiger partial charge in [0.25, 0.3) is 0 Å². The predicted molar refractivity (Wildman–Crippen MR) is 56.6 cm³/mol. The van der Waals surface area contributed by atoms with Gasteiger partial charge in [0.15, 0.2) is 0 Å². The summed E-state index contributed by atoms with van der Waals surface area (Å²) in [5.74, 6) is 0.702. The fourth-order valence-corrected chi connectivity index (χ4v) is 2.77. The summed E-state index contributed by atoms with van der Waals surface area (Å²) >= 11 is 5.49. The Labute approximate surface area is 85.9 Å². The molecule has 0 aliphatic heterocycles. The molecule has 0 fully saturated rings. The molecule has 0 aromatic heterocycles. The summed E-state index contributed by atoms with van der Waals surface area (Å²) in [5, 5.41) is 0. The van der Waals surface area contributed by atoms with Crippen LogP contribution in [0.5, 0.6) is 0 Å². The Kier molecular flexibility index (Phi) is 6.73. The van der Waals surface area contributed by atoms with Gasteiger partial charge in [0.05, 0.1) is 5.75 Å². The molecular weight excluding hydrogens is 210 g/mol. The second-order valence-corrected chi connectivity index (χ2v) is 5.42. The van der Waals surface area contributed by atoms with Crippen LogP contribution in [-0.4, -0.2) is 26.1 Å². The molecule has 13 heavy (non-hydrogen) atoms. The zero-order chi connectivity index (χ0) is 10.3. The third-order valence-corrected chi connectivity index (χ3v) is 3.50. The van der Waals surface area contributed by atoms with E-state index >= 15 is 0 Å². The van der Waals surface area contributed by atoms with Crippen LogP contribution in [0.1, 0.15) is 33.1 Å². The highest BCUT2D eigenvalue weighted by Crippen LogP contribution is 1.99. The van der Waals surface area contributed by atoms with Crippen molar-refractivity contribution in [2.24, 2.45) is 0 Å². The van der Waals surface area contributed by atoms with E-state index in [9.17, 15) is 8.42 Å². The van der Waals surface area contributed by atoms with E-state index in [1.54, 1.807) is 0 Å². The lowest BCUT2D eigenvalue weighted by atomic mass is 10.3. The number of rotatable bonds is 7. The van der Waals surface area contributed by atoms with E-state index in [1.165, 1.54) is 0 Å². The SMILES string of the molecule is CCCCS(=O)(=O)NC(C)CCCl. The largest absolute Gasteiger partial charge is 0.212 e. The highest BCUT2D eigenvalue weighted by Gasteiger charge is 2.12. The number of unbranched alkanes of at least 4 members (excludes halogenated alkanes) is 1. The first-order valence-electron chi connectivity index (χ1n) is 4.57. The van der Waals surface area contributed by atoms with Crippen LogP contribution in [0, 0.1) is 0 Å². The second kappa shape index (κ2) is 6.62. The highest BCUT2D eigenvalue weighted by atomic mass is 35.5. The van der Waals surface area contributed by atoms with E-state index in [0.717, 1.165) is 6.42 Å². The molecule has 1 N–H and O–H groups in total. The molecule has 0 saturated heterocycles. The number of alkyl halides is 1. The van der Waals surface area contributed by atoms with Gasteiger partial charge in [-0.2, -0.15) is 0 Å². The van der Waals surface area contributed by atoms with Gasteiger partial charge in [0, 0.05) is 11.9 Å². The van der Waals surface area contributed by atoms with Crippen molar-refractivity contribution >= 4 is 21.6 Å². The summed E-state index contributed by atoms with van der Waals surface area (Å²) in [6.45, 7) is 3.80. The Morgan fingerprint density at radius 3 is 2.54 bits per heavy atom. The minimum absolute atomic E-state index is 0.0562. The molecule has 0 heterocycles. The summed E-state index contributed by atoms with van der Waals surface area (Å²) < 4.78 is 25.2. The Bertz CT molecular complexity index is 216. The lowest BCUT2D eigenvalue weighted by Gasteiger charge is -2.12. The van der Waals surface area contributed by atoms with Crippen molar-refractivity contribution in [1.82, 2.24) is 4.72 Å². The summed E-state index contributed by atoms with van der Waals surface area (Å²) in [6, 6.07) is -0.0562. The van der Waals surface area contributed by atoms with Crippen LogP contribution in [0.4, 0.5) is 0 Å². The molecule has 0 aliphatic rings. The van der Waals surface area contributed by atoms with E-state index in [4.69, 9.17) is 11.6 Å². The maximum absolute atomic E-state index is 11.3. The van der Waals surface area contributed by atoms with Crippen LogP contribution in [0.25, 0.3) is 0 Å². The number of sulfonamides is 1. The van der Waals surface area contributed by atoms with Gasteiger partial charge in [-0.3, -0.25) is 0 Å². The third kappa shape index (κ3) is 7.28. The Balaban J connectivity index is 3.87. The van der Waals surface area contributed by atoms with Crippen molar-refractivity contribution < 1.29 is 8.42 Å². The number of hydrogen-bond acceptors (Lipinski definition) is 2. The Morgan fingerprint density at radius 2 is 2.08 bits per heavy atom. The first-order valence-corrected chi connectivity index (χ1v) is 6.76. The molecule has 0 radical (unpaired) electrons. The fraction of sp³-hybridized carbons (Fsp3) is 1.00. The third-order valence-electron chi connectivity index (χ3n) is 1.69. The molecule has 0 aromatic carbocycles. The molecule has 1 unspecified atom stereocenters. The average molecular weight is 228 g/mol. The quantitative estimate of drug-likeness (QED) is 0.674. The van der Waals surface area contributed by atoms with Crippen LogP contribution in [0.2, 0.25) is 0 Å².